The second kappa shape index (κ2) is 9.76. The van der Waals surface area contributed by atoms with Crippen LogP contribution < -0.4 is 14.8 Å². The molecule has 0 atom stereocenters. The van der Waals surface area contributed by atoms with E-state index in [-0.39, 0.29) is 11.5 Å². The third kappa shape index (κ3) is 5.48. The Hall–Kier alpha value is -2.58. The van der Waals surface area contributed by atoms with E-state index in [0.717, 1.165) is 25.7 Å². The average Bonchev–Trinajstić information content (AvgIpc) is 3.03. The molecule has 8 heteroatoms. The van der Waals surface area contributed by atoms with Crippen molar-refractivity contribution in [2.24, 2.45) is 0 Å². The smallest absolute Gasteiger partial charge is 0.262 e. The number of rotatable bonds is 7. The standard InChI is InChI=1S/C21H26N2O5S/c1-27-20-12-11-18(29(25,26)23-13-7-2-3-8-14-23)15-19(20)22-21(24)16-28-17-9-5-4-6-10-17/h4-6,9-12,15H,2-3,7-8,13-14,16H2,1H3,(H,22,24). The van der Waals surface area contributed by atoms with Crippen LogP contribution >= 0.6 is 0 Å². The van der Waals surface area contributed by atoms with Gasteiger partial charge in [0.15, 0.2) is 6.61 Å². The lowest BCUT2D eigenvalue weighted by Gasteiger charge is -2.21. The fraction of sp³-hybridized carbons (Fsp3) is 0.381. The predicted molar refractivity (Wildman–Crippen MR) is 111 cm³/mol. The van der Waals surface area contributed by atoms with Crippen molar-refractivity contribution in [2.45, 2.75) is 30.6 Å². The van der Waals surface area contributed by atoms with E-state index in [4.69, 9.17) is 9.47 Å². The van der Waals surface area contributed by atoms with E-state index < -0.39 is 15.9 Å². The minimum absolute atomic E-state index is 0.138. The molecule has 156 valence electrons. The van der Waals surface area contributed by atoms with Gasteiger partial charge in [0, 0.05) is 13.1 Å². The number of hydrogen-bond acceptors (Lipinski definition) is 5. The molecular weight excluding hydrogens is 392 g/mol. The first kappa shape index (κ1) is 21.1. The SMILES string of the molecule is COc1ccc(S(=O)(=O)N2CCCCCC2)cc1NC(=O)COc1ccccc1. The number of hydrogen-bond donors (Lipinski definition) is 1. The van der Waals surface area contributed by atoms with Crippen molar-refractivity contribution < 1.29 is 22.7 Å². The summed E-state index contributed by atoms with van der Waals surface area (Å²) in [4.78, 5) is 12.4. The fourth-order valence-corrected chi connectivity index (χ4v) is 4.77. The van der Waals surface area contributed by atoms with Crippen LogP contribution in [0.2, 0.25) is 0 Å². The average molecular weight is 419 g/mol. The van der Waals surface area contributed by atoms with Crippen molar-refractivity contribution in [3.63, 3.8) is 0 Å². The minimum atomic E-state index is -3.63. The Balaban J connectivity index is 1.75. The molecule has 3 rings (SSSR count). The number of para-hydroxylation sites is 1. The Kier molecular flexibility index (Phi) is 7.11. The van der Waals surface area contributed by atoms with Crippen molar-refractivity contribution in [1.29, 1.82) is 0 Å². The molecule has 7 nitrogen and oxygen atoms in total. The number of sulfonamides is 1. The number of carbonyl (C=O) groups excluding carboxylic acids is 1. The molecule has 1 N–H and O–H groups in total. The van der Waals surface area contributed by atoms with Crippen LogP contribution in [0.1, 0.15) is 25.7 Å². The van der Waals surface area contributed by atoms with Gasteiger partial charge in [0.05, 0.1) is 17.7 Å². The Morgan fingerprint density at radius 1 is 1.03 bits per heavy atom. The Labute approximate surface area is 171 Å². The van der Waals surface area contributed by atoms with Gasteiger partial charge in [-0.2, -0.15) is 4.31 Å². The maximum atomic E-state index is 13.0. The fourth-order valence-electron chi connectivity index (χ4n) is 3.23. The number of carbonyl (C=O) groups is 1. The molecule has 29 heavy (non-hydrogen) atoms. The van der Waals surface area contributed by atoms with Gasteiger partial charge in [0.1, 0.15) is 11.5 Å². The first-order valence-corrected chi connectivity index (χ1v) is 11.1. The molecule has 0 radical (unpaired) electrons. The van der Waals surface area contributed by atoms with Crippen molar-refractivity contribution in [2.75, 3.05) is 32.1 Å². The lowest BCUT2D eigenvalue weighted by molar-refractivity contribution is -0.118. The zero-order chi connectivity index (χ0) is 20.7. The lowest BCUT2D eigenvalue weighted by Crippen LogP contribution is -2.32. The van der Waals surface area contributed by atoms with Gasteiger partial charge in [0.25, 0.3) is 5.91 Å². The minimum Gasteiger partial charge on any atom is -0.495 e. The quantitative estimate of drug-likeness (QED) is 0.746. The molecule has 1 amide bonds. The van der Waals surface area contributed by atoms with E-state index in [0.29, 0.717) is 30.3 Å². The summed E-state index contributed by atoms with van der Waals surface area (Å²) in [7, 11) is -2.16. The third-order valence-corrected chi connectivity index (χ3v) is 6.66. The number of amides is 1. The summed E-state index contributed by atoms with van der Waals surface area (Å²) >= 11 is 0. The van der Waals surface area contributed by atoms with Crippen LogP contribution in [0.3, 0.4) is 0 Å². The number of methoxy groups -OCH3 is 1. The maximum absolute atomic E-state index is 13.0. The summed E-state index contributed by atoms with van der Waals surface area (Å²) in [5.41, 5.74) is 0.296. The summed E-state index contributed by atoms with van der Waals surface area (Å²) < 4.78 is 38.3. The first-order chi connectivity index (χ1) is 14.0. The van der Waals surface area contributed by atoms with Gasteiger partial charge >= 0.3 is 0 Å². The summed E-state index contributed by atoms with van der Waals surface area (Å²) in [5.74, 6) is 0.552. The molecule has 2 aromatic rings. The second-order valence-corrected chi connectivity index (χ2v) is 8.77. The molecule has 0 saturated carbocycles. The Morgan fingerprint density at radius 3 is 2.38 bits per heavy atom. The molecule has 1 saturated heterocycles. The van der Waals surface area contributed by atoms with Gasteiger partial charge in [-0.25, -0.2) is 8.42 Å². The van der Waals surface area contributed by atoms with Crippen LogP contribution in [-0.2, 0) is 14.8 Å². The van der Waals surface area contributed by atoms with Crippen LogP contribution in [0, 0.1) is 0 Å². The van der Waals surface area contributed by atoms with Gasteiger partial charge in [-0.1, -0.05) is 31.0 Å². The number of nitrogens with one attached hydrogen (secondary N) is 1. The van der Waals surface area contributed by atoms with Gasteiger partial charge in [-0.3, -0.25) is 4.79 Å². The van der Waals surface area contributed by atoms with Crippen LogP contribution in [0.15, 0.2) is 53.4 Å². The zero-order valence-electron chi connectivity index (χ0n) is 16.5. The van der Waals surface area contributed by atoms with Gasteiger partial charge < -0.3 is 14.8 Å². The van der Waals surface area contributed by atoms with Crippen molar-refractivity contribution >= 4 is 21.6 Å². The third-order valence-electron chi connectivity index (χ3n) is 4.76. The molecule has 1 fully saturated rings. The van der Waals surface area contributed by atoms with Crippen LogP contribution in [0.25, 0.3) is 0 Å². The zero-order valence-corrected chi connectivity index (χ0v) is 17.3. The van der Waals surface area contributed by atoms with Crippen LogP contribution in [0.4, 0.5) is 5.69 Å². The number of nitrogens with zero attached hydrogens (tertiary/aromatic N) is 1. The normalized spacial score (nSPS) is 15.3. The van der Waals surface area contributed by atoms with Crippen molar-refractivity contribution in [3.05, 3.63) is 48.5 Å². The molecule has 0 unspecified atom stereocenters. The second-order valence-electron chi connectivity index (χ2n) is 6.83. The monoisotopic (exact) mass is 418 g/mol. The Bertz CT molecular complexity index is 923. The van der Waals surface area contributed by atoms with Crippen LogP contribution in [0.5, 0.6) is 11.5 Å². The summed E-state index contributed by atoms with van der Waals surface area (Å²) in [5, 5.41) is 2.69. The van der Waals surface area contributed by atoms with Gasteiger partial charge in [-0.05, 0) is 43.2 Å². The molecular formula is C21H26N2O5S. The number of ether oxygens (including phenoxy) is 2. The highest BCUT2D eigenvalue weighted by molar-refractivity contribution is 7.89. The largest absolute Gasteiger partial charge is 0.495 e. The highest BCUT2D eigenvalue weighted by Gasteiger charge is 2.26. The molecule has 1 heterocycles. The molecule has 0 bridgehead atoms. The van der Waals surface area contributed by atoms with Crippen molar-refractivity contribution in [1.82, 2.24) is 4.31 Å². The lowest BCUT2D eigenvalue weighted by atomic mass is 10.2. The first-order valence-electron chi connectivity index (χ1n) is 9.66. The van der Waals surface area contributed by atoms with E-state index >= 15 is 0 Å². The molecule has 1 aliphatic rings. The predicted octanol–water partition coefficient (Wildman–Crippen LogP) is 3.28. The molecule has 0 spiro atoms. The number of anilines is 1. The molecule has 2 aromatic carbocycles. The van der Waals surface area contributed by atoms with Gasteiger partial charge in [-0.15, -0.1) is 0 Å². The van der Waals surface area contributed by atoms with Crippen LogP contribution in [-0.4, -0.2) is 45.4 Å². The summed E-state index contributed by atoms with van der Waals surface area (Å²) in [6.07, 6.45) is 3.79. The highest BCUT2D eigenvalue weighted by atomic mass is 32.2. The van der Waals surface area contributed by atoms with E-state index in [1.807, 2.05) is 18.2 Å². The highest BCUT2D eigenvalue weighted by Crippen LogP contribution is 2.29. The van der Waals surface area contributed by atoms with E-state index in [1.54, 1.807) is 18.2 Å². The summed E-state index contributed by atoms with van der Waals surface area (Å²) in [6.45, 7) is 0.832. The van der Waals surface area contributed by atoms with E-state index in [2.05, 4.69) is 5.32 Å². The molecule has 0 aromatic heterocycles. The topological polar surface area (TPSA) is 84.9 Å². The summed E-state index contributed by atoms with van der Waals surface area (Å²) in [6, 6.07) is 13.5. The Morgan fingerprint density at radius 2 is 1.72 bits per heavy atom. The van der Waals surface area contributed by atoms with E-state index in [9.17, 15) is 13.2 Å². The molecule has 1 aliphatic heterocycles. The maximum Gasteiger partial charge on any atom is 0.262 e. The van der Waals surface area contributed by atoms with Crippen molar-refractivity contribution in [3.8, 4) is 11.5 Å². The van der Waals surface area contributed by atoms with E-state index in [1.165, 1.54) is 23.5 Å². The molecule has 0 aliphatic carbocycles. The van der Waals surface area contributed by atoms with Gasteiger partial charge in [0.2, 0.25) is 10.0 Å². The number of benzene rings is 2.